The first-order chi connectivity index (χ1) is 32.6. The van der Waals surface area contributed by atoms with Crippen LogP contribution in [0.5, 0.6) is 28.7 Å². The lowest BCUT2D eigenvalue weighted by molar-refractivity contribution is 0.0357. The van der Waals surface area contributed by atoms with Gasteiger partial charge in [0.1, 0.15) is 29.8 Å². The number of nitrogens with one attached hydrogen (secondary N) is 2. The van der Waals surface area contributed by atoms with E-state index in [0.717, 1.165) is 83.8 Å². The number of anilines is 4. The van der Waals surface area contributed by atoms with E-state index in [-0.39, 0.29) is 5.02 Å². The predicted octanol–water partition coefficient (Wildman–Crippen LogP) is 9.47. The minimum Gasteiger partial charge on any atom is -0.495 e. The van der Waals surface area contributed by atoms with E-state index in [1.807, 2.05) is 24.3 Å². The number of rotatable bonds is 17. The molecule has 2 aliphatic rings. The van der Waals surface area contributed by atoms with Crippen molar-refractivity contribution in [2.24, 2.45) is 0 Å². The van der Waals surface area contributed by atoms with E-state index in [1.165, 1.54) is 31.8 Å². The number of methoxy groups -OCH3 is 3. The van der Waals surface area contributed by atoms with Crippen molar-refractivity contribution >= 4 is 79.5 Å². The first kappa shape index (κ1) is 49.3. The van der Waals surface area contributed by atoms with Gasteiger partial charge in [0.15, 0.2) is 23.0 Å². The molecule has 2 saturated heterocycles. The molecular formula is C48H53Cl3FN9O6. The van der Waals surface area contributed by atoms with Crippen LogP contribution in [0.25, 0.3) is 21.8 Å². The summed E-state index contributed by atoms with van der Waals surface area (Å²) < 4.78 is 47.4. The van der Waals surface area contributed by atoms with Gasteiger partial charge in [0.25, 0.3) is 0 Å². The number of hydrogen-bond acceptors (Lipinski definition) is 15. The quantitative estimate of drug-likeness (QED) is 0.0835. The molecule has 2 aliphatic heterocycles. The van der Waals surface area contributed by atoms with Crippen molar-refractivity contribution in [3.63, 3.8) is 0 Å². The Morgan fingerprint density at radius 1 is 0.687 bits per heavy atom. The van der Waals surface area contributed by atoms with Crippen LogP contribution in [0.15, 0.2) is 67.1 Å². The van der Waals surface area contributed by atoms with E-state index < -0.39 is 5.82 Å². The maximum absolute atomic E-state index is 13.5. The molecule has 0 unspecified atom stereocenters. The third-order valence-corrected chi connectivity index (χ3v) is 12.2. The van der Waals surface area contributed by atoms with Gasteiger partial charge in [0.2, 0.25) is 0 Å². The number of pyridine rings is 1. The molecule has 0 amide bonds. The second-order valence-corrected chi connectivity index (χ2v) is 17.0. The summed E-state index contributed by atoms with van der Waals surface area (Å²) in [5.41, 5.74) is 3.43. The number of ether oxygens (including phenoxy) is 6. The minimum absolute atomic E-state index is 0.0364. The average molecular weight is 977 g/mol. The number of likely N-dealkylation sites (N-methyl/N-ethyl adjacent to an activating group) is 1. The monoisotopic (exact) mass is 975 g/mol. The van der Waals surface area contributed by atoms with Gasteiger partial charge >= 0.3 is 0 Å². The molecule has 0 spiro atoms. The first-order valence-corrected chi connectivity index (χ1v) is 22.9. The Labute approximate surface area is 404 Å². The summed E-state index contributed by atoms with van der Waals surface area (Å²) in [7, 11) is 6.87. The molecule has 67 heavy (non-hydrogen) atoms. The van der Waals surface area contributed by atoms with Gasteiger partial charge in [-0.1, -0.05) is 34.8 Å². The Kier molecular flexibility index (Phi) is 17.6. The lowest BCUT2D eigenvalue weighted by atomic mass is 10.1. The van der Waals surface area contributed by atoms with Crippen molar-refractivity contribution in [3.8, 4) is 34.8 Å². The number of fused-ring (bicyclic) bond motifs is 2. The molecule has 6 aromatic rings. The van der Waals surface area contributed by atoms with Crippen LogP contribution in [0.4, 0.5) is 27.3 Å². The topological polar surface area (TPSA) is 152 Å². The molecular weight excluding hydrogens is 924 g/mol. The second kappa shape index (κ2) is 23.9. The lowest BCUT2D eigenvalue weighted by Gasteiger charge is -2.32. The van der Waals surface area contributed by atoms with Crippen molar-refractivity contribution in [2.45, 2.75) is 12.8 Å². The van der Waals surface area contributed by atoms with E-state index in [0.29, 0.717) is 96.9 Å². The Hall–Kier alpha value is -5.64. The average Bonchev–Trinajstić information content (AvgIpc) is 3.34. The summed E-state index contributed by atoms with van der Waals surface area (Å²) in [4.78, 5) is 20.3. The molecule has 15 nitrogen and oxygen atoms in total. The summed E-state index contributed by atoms with van der Waals surface area (Å²) in [6.45, 7) is 10.9. The normalized spacial score (nSPS) is 14.5. The summed E-state index contributed by atoms with van der Waals surface area (Å²) >= 11 is 18.5. The molecule has 2 fully saturated rings. The molecule has 0 saturated carbocycles. The van der Waals surface area contributed by atoms with Gasteiger partial charge < -0.3 is 48.9 Å². The van der Waals surface area contributed by atoms with Crippen LogP contribution >= 0.6 is 34.8 Å². The summed E-state index contributed by atoms with van der Waals surface area (Å²) in [5.74, 6) is 2.94. The molecule has 4 heterocycles. The van der Waals surface area contributed by atoms with Crippen LogP contribution in [-0.2, 0) is 4.74 Å². The molecule has 8 rings (SSSR count). The number of morpholine rings is 1. The molecule has 0 bridgehead atoms. The highest BCUT2D eigenvalue weighted by Crippen LogP contribution is 2.41. The van der Waals surface area contributed by atoms with E-state index >= 15 is 0 Å². The van der Waals surface area contributed by atoms with Gasteiger partial charge in [-0.2, -0.15) is 5.26 Å². The summed E-state index contributed by atoms with van der Waals surface area (Å²) in [5, 5.41) is 18.5. The zero-order chi connectivity index (χ0) is 47.3. The van der Waals surface area contributed by atoms with Crippen molar-refractivity contribution in [2.75, 3.05) is 118 Å². The minimum atomic E-state index is -0.475. The smallest absolute Gasteiger partial charge is 0.163 e. The zero-order valence-corrected chi connectivity index (χ0v) is 40.1. The van der Waals surface area contributed by atoms with Gasteiger partial charge in [-0.05, 0) is 56.3 Å². The van der Waals surface area contributed by atoms with Crippen LogP contribution in [0.3, 0.4) is 0 Å². The third kappa shape index (κ3) is 12.9. The van der Waals surface area contributed by atoms with E-state index in [4.69, 9.17) is 63.2 Å². The predicted molar refractivity (Wildman–Crippen MR) is 262 cm³/mol. The molecule has 2 aromatic heterocycles. The molecule has 0 aliphatic carbocycles. The van der Waals surface area contributed by atoms with Gasteiger partial charge in [0.05, 0.1) is 90.8 Å². The molecule has 2 N–H and O–H groups in total. The molecule has 4 aromatic carbocycles. The van der Waals surface area contributed by atoms with E-state index in [1.54, 1.807) is 32.4 Å². The Balaban J connectivity index is 0.000000201. The van der Waals surface area contributed by atoms with Crippen molar-refractivity contribution in [3.05, 3.63) is 93.6 Å². The molecule has 354 valence electrons. The number of hydrogen-bond donors (Lipinski definition) is 2. The van der Waals surface area contributed by atoms with Crippen LogP contribution in [0, 0.1) is 17.1 Å². The zero-order valence-electron chi connectivity index (χ0n) is 37.8. The van der Waals surface area contributed by atoms with E-state index in [9.17, 15) is 9.65 Å². The number of nitrogens with zero attached hydrogens (tertiary/aromatic N) is 7. The van der Waals surface area contributed by atoms with Crippen LogP contribution in [0.2, 0.25) is 15.1 Å². The fourth-order valence-electron chi connectivity index (χ4n) is 7.59. The second-order valence-electron chi connectivity index (χ2n) is 15.8. The van der Waals surface area contributed by atoms with Crippen molar-refractivity contribution in [1.29, 1.82) is 5.26 Å². The number of aromatic nitrogens is 3. The standard InChI is InChI=1S/C26H29Cl2N5O3.C22H24ClFN4O3/c1-32-6-8-33(9-7-32)5-4-10-36-25-13-21-18(11-24(25)35-3)26(17(15-29)16-30-21)31-22-14-23(34-2)20(28)12-19(22)27;1-29-20-13-19-16(12-21(20)31-8-2-5-28-6-9-30-10-7-28)22(26-14-25-19)27-15-3-4-18(24)17(23)11-15/h11-14,16H,4-10H2,1-3H3,(H,30,31);3-4,11-14H,2,5-10H2,1H3,(H,25,26,27). The highest BCUT2D eigenvalue weighted by Gasteiger charge is 2.19. The van der Waals surface area contributed by atoms with Crippen molar-refractivity contribution in [1.82, 2.24) is 29.7 Å². The number of benzene rings is 4. The fourth-order valence-corrected chi connectivity index (χ4v) is 8.28. The third-order valence-electron chi connectivity index (χ3n) is 11.3. The van der Waals surface area contributed by atoms with Gasteiger partial charge in [-0.25, -0.2) is 14.4 Å². The van der Waals surface area contributed by atoms with Gasteiger partial charge in [0, 0.05) is 93.2 Å². The number of piperazine rings is 1. The highest BCUT2D eigenvalue weighted by atomic mass is 35.5. The molecule has 19 heteroatoms. The Bertz CT molecular complexity index is 2680. The Morgan fingerprint density at radius 3 is 1.99 bits per heavy atom. The lowest BCUT2D eigenvalue weighted by Crippen LogP contribution is -2.44. The van der Waals surface area contributed by atoms with Gasteiger partial charge in [-0.15, -0.1) is 0 Å². The van der Waals surface area contributed by atoms with E-state index in [2.05, 4.69) is 53.4 Å². The first-order valence-electron chi connectivity index (χ1n) is 21.8. The number of halogens is 4. The summed E-state index contributed by atoms with van der Waals surface area (Å²) in [6.07, 6.45) is 4.79. The highest BCUT2D eigenvalue weighted by molar-refractivity contribution is 6.37. The SMILES string of the molecule is COc1cc(Nc2c(C#N)cnc3cc(OCCCN4CCN(C)CC4)c(OC)cc23)c(Cl)cc1Cl.COc1cc2ncnc(Nc3ccc(F)c(Cl)c3)c2cc1OCCCN1CCOCC1. The number of nitriles is 1. The van der Waals surface area contributed by atoms with Crippen LogP contribution in [-0.4, -0.2) is 137 Å². The maximum atomic E-state index is 13.5. The van der Waals surface area contributed by atoms with Crippen LogP contribution in [0.1, 0.15) is 18.4 Å². The molecule has 0 radical (unpaired) electrons. The van der Waals surface area contributed by atoms with Crippen molar-refractivity contribution < 1.29 is 32.8 Å². The van der Waals surface area contributed by atoms with Crippen LogP contribution < -0.4 is 34.3 Å². The largest absolute Gasteiger partial charge is 0.495 e. The Morgan fingerprint density at radius 2 is 1.31 bits per heavy atom. The molecule has 0 atom stereocenters. The fraction of sp³-hybridized carbons (Fsp3) is 0.375. The summed E-state index contributed by atoms with van der Waals surface area (Å²) in [6, 6.07) is 17.2. The van der Waals surface area contributed by atoms with Gasteiger partial charge in [-0.3, -0.25) is 9.88 Å². The maximum Gasteiger partial charge on any atom is 0.163 e.